The highest BCUT2D eigenvalue weighted by molar-refractivity contribution is 5.97. The van der Waals surface area contributed by atoms with Gasteiger partial charge >= 0.3 is 12.2 Å². The van der Waals surface area contributed by atoms with Crippen molar-refractivity contribution in [1.29, 1.82) is 0 Å². The number of fused-ring (bicyclic) bond motifs is 2. The molecule has 0 radical (unpaired) electrons. The van der Waals surface area contributed by atoms with E-state index in [9.17, 15) is 14.7 Å². The van der Waals surface area contributed by atoms with Crippen LogP contribution in [0.1, 0.15) is 46.1 Å². The van der Waals surface area contributed by atoms with Crippen molar-refractivity contribution < 1.29 is 24.2 Å². The fraction of sp³-hybridized carbons (Fsp3) is 0.448. The Morgan fingerprint density at radius 1 is 1.15 bits per heavy atom. The van der Waals surface area contributed by atoms with Crippen molar-refractivity contribution in [2.75, 3.05) is 36.0 Å². The Bertz CT molecular complexity index is 1410. The number of hydrogen-bond acceptors (Lipinski definition) is 7. The number of ether oxygens (including phenoxy) is 2. The molecule has 4 heterocycles. The lowest BCUT2D eigenvalue weighted by Gasteiger charge is -2.39. The van der Waals surface area contributed by atoms with Gasteiger partial charge in [0, 0.05) is 37.3 Å². The second kappa shape index (κ2) is 11.1. The third kappa shape index (κ3) is 5.54. The first-order valence-electron chi connectivity index (χ1n) is 13.7. The summed E-state index contributed by atoms with van der Waals surface area (Å²) in [5.74, 6) is 1.94. The molecule has 11 heteroatoms. The van der Waals surface area contributed by atoms with E-state index < -0.39 is 17.8 Å². The number of piperidine rings is 1. The van der Waals surface area contributed by atoms with E-state index in [2.05, 4.69) is 22.2 Å². The quantitative estimate of drug-likeness (QED) is 0.430. The van der Waals surface area contributed by atoms with Gasteiger partial charge in [0.2, 0.25) is 0 Å². The highest BCUT2D eigenvalue weighted by Gasteiger charge is 2.35. The summed E-state index contributed by atoms with van der Waals surface area (Å²) in [4.78, 5) is 35.9. The number of aromatic nitrogens is 3. The van der Waals surface area contributed by atoms with Crippen LogP contribution >= 0.6 is 0 Å². The molecule has 212 valence electrons. The molecule has 11 nitrogen and oxygen atoms in total. The van der Waals surface area contributed by atoms with Crippen LogP contribution in [-0.2, 0) is 11.2 Å². The second-order valence-electron chi connectivity index (χ2n) is 10.9. The van der Waals surface area contributed by atoms with Gasteiger partial charge in [0.05, 0.1) is 18.5 Å². The monoisotopic (exact) mass is 548 g/mol. The van der Waals surface area contributed by atoms with Crippen molar-refractivity contribution in [1.82, 2.24) is 19.5 Å². The minimum Gasteiger partial charge on any atom is -0.494 e. The molecule has 0 bridgehead atoms. The Balaban J connectivity index is 1.68. The first-order valence-corrected chi connectivity index (χ1v) is 13.7. The summed E-state index contributed by atoms with van der Waals surface area (Å²) in [6.07, 6.45) is 6.44. The molecule has 0 aliphatic carbocycles. The summed E-state index contributed by atoms with van der Waals surface area (Å²) in [6, 6.07) is 9.05. The standard InChI is InChI=1S/C29H36N6O5/c1-5-39-22-13-11-20(12-14-22)34(28(38)40-29(2,3)4)26-23-10-6-7-18-33(21-9-8-17-32(19-21)27(36)37)25(23)31-24-15-16-30-35(24)26/h6-7,11-16,21H,5,8-10,17-19H2,1-4H3,(H,36,37)/t21-/m0/s1. The number of carbonyl (C=O) groups is 2. The summed E-state index contributed by atoms with van der Waals surface area (Å²) in [5, 5.41) is 14.2. The average molecular weight is 549 g/mol. The summed E-state index contributed by atoms with van der Waals surface area (Å²) < 4.78 is 13.2. The molecular weight excluding hydrogens is 512 g/mol. The molecule has 2 amide bonds. The zero-order valence-corrected chi connectivity index (χ0v) is 23.4. The van der Waals surface area contributed by atoms with Gasteiger partial charge in [-0.2, -0.15) is 9.61 Å². The molecule has 1 aromatic carbocycles. The van der Waals surface area contributed by atoms with E-state index in [0.29, 0.717) is 61.4 Å². The van der Waals surface area contributed by atoms with Gasteiger partial charge in [0.15, 0.2) is 11.5 Å². The van der Waals surface area contributed by atoms with Crippen LogP contribution in [0.4, 0.5) is 26.9 Å². The molecule has 3 aromatic rings. The minimum atomic E-state index is -0.915. The first kappa shape index (κ1) is 27.3. The normalized spacial score (nSPS) is 17.4. The number of hydrogen-bond donors (Lipinski definition) is 1. The molecule has 5 rings (SSSR count). The number of benzene rings is 1. The lowest BCUT2D eigenvalue weighted by molar-refractivity contribution is 0.0597. The molecule has 1 saturated heterocycles. The van der Waals surface area contributed by atoms with Gasteiger partial charge in [-0.1, -0.05) is 12.2 Å². The molecule has 1 fully saturated rings. The maximum absolute atomic E-state index is 13.9. The van der Waals surface area contributed by atoms with Crippen molar-refractivity contribution in [2.45, 2.75) is 58.6 Å². The molecule has 0 unspecified atom stereocenters. The zero-order chi connectivity index (χ0) is 28.4. The highest BCUT2D eigenvalue weighted by atomic mass is 16.6. The predicted octanol–water partition coefficient (Wildman–Crippen LogP) is 5.26. The SMILES string of the molecule is CCOc1ccc(N(C(=O)OC(C)(C)C)c2c3c(nc4ccnn24)N([C@H]2CCCN(C(=O)O)C2)CC=CC3)cc1. The number of amides is 2. The van der Waals surface area contributed by atoms with Crippen LogP contribution in [0.25, 0.3) is 5.65 Å². The Morgan fingerprint density at radius 2 is 1.93 bits per heavy atom. The van der Waals surface area contributed by atoms with Gasteiger partial charge in [-0.15, -0.1) is 0 Å². The van der Waals surface area contributed by atoms with E-state index in [1.54, 1.807) is 21.7 Å². The number of anilines is 3. The van der Waals surface area contributed by atoms with Gasteiger partial charge < -0.3 is 24.4 Å². The second-order valence-corrected chi connectivity index (χ2v) is 10.9. The van der Waals surface area contributed by atoms with Crippen molar-refractivity contribution in [3.8, 4) is 5.75 Å². The number of nitrogens with zero attached hydrogens (tertiary/aromatic N) is 6. The summed E-state index contributed by atoms with van der Waals surface area (Å²) in [7, 11) is 0. The number of carbonyl (C=O) groups excluding carboxylic acids is 1. The van der Waals surface area contributed by atoms with Gasteiger partial charge in [0.1, 0.15) is 17.2 Å². The van der Waals surface area contributed by atoms with Gasteiger partial charge in [0.25, 0.3) is 0 Å². The molecule has 0 spiro atoms. The van der Waals surface area contributed by atoms with Crippen molar-refractivity contribution in [2.24, 2.45) is 0 Å². The van der Waals surface area contributed by atoms with Gasteiger partial charge in [-0.3, -0.25) is 0 Å². The minimum absolute atomic E-state index is 0.0578. The third-order valence-electron chi connectivity index (χ3n) is 6.95. The Morgan fingerprint density at radius 3 is 2.62 bits per heavy atom. The van der Waals surface area contributed by atoms with E-state index in [0.717, 1.165) is 18.4 Å². The van der Waals surface area contributed by atoms with Crippen LogP contribution < -0.4 is 14.5 Å². The Labute approximate surface area is 233 Å². The molecule has 2 aliphatic heterocycles. The smallest absolute Gasteiger partial charge is 0.420 e. The van der Waals surface area contributed by atoms with E-state index in [1.807, 2.05) is 52.0 Å². The maximum atomic E-state index is 13.9. The van der Waals surface area contributed by atoms with Gasteiger partial charge in [-0.05, 0) is 71.2 Å². The van der Waals surface area contributed by atoms with E-state index in [1.165, 1.54) is 4.90 Å². The summed E-state index contributed by atoms with van der Waals surface area (Å²) in [5.41, 5.74) is 1.24. The number of allylic oxidation sites excluding steroid dienone is 1. The lowest BCUT2D eigenvalue weighted by Crippen LogP contribution is -2.50. The van der Waals surface area contributed by atoms with Crippen LogP contribution in [-0.4, -0.2) is 74.7 Å². The Hall–Kier alpha value is -4.28. The lowest BCUT2D eigenvalue weighted by atomic mass is 10.0. The zero-order valence-electron chi connectivity index (χ0n) is 23.4. The van der Waals surface area contributed by atoms with Crippen molar-refractivity contribution in [3.05, 3.63) is 54.2 Å². The molecule has 2 aliphatic rings. The largest absolute Gasteiger partial charge is 0.494 e. The predicted molar refractivity (Wildman–Crippen MR) is 152 cm³/mol. The topological polar surface area (TPSA) is 113 Å². The maximum Gasteiger partial charge on any atom is 0.420 e. The first-order chi connectivity index (χ1) is 19.2. The fourth-order valence-corrected chi connectivity index (χ4v) is 5.26. The van der Waals surface area contributed by atoms with E-state index in [4.69, 9.17) is 14.5 Å². The van der Waals surface area contributed by atoms with Crippen molar-refractivity contribution >= 4 is 35.2 Å². The number of likely N-dealkylation sites (tertiary alicyclic amines) is 1. The van der Waals surface area contributed by atoms with E-state index in [-0.39, 0.29) is 6.04 Å². The number of carboxylic acid groups (broad SMARTS) is 1. The summed E-state index contributed by atoms with van der Waals surface area (Å²) in [6.45, 7) is 9.44. The molecule has 1 N–H and O–H groups in total. The average Bonchev–Trinajstić information content (AvgIpc) is 3.27. The van der Waals surface area contributed by atoms with Crippen LogP contribution in [0.15, 0.2) is 48.7 Å². The molecule has 1 atom stereocenters. The third-order valence-corrected chi connectivity index (χ3v) is 6.95. The Kier molecular flexibility index (Phi) is 7.55. The number of rotatable bonds is 5. The molecular formula is C29H36N6O5. The van der Waals surface area contributed by atoms with Crippen LogP contribution in [0.3, 0.4) is 0 Å². The van der Waals surface area contributed by atoms with Crippen LogP contribution in [0.5, 0.6) is 5.75 Å². The van der Waals surface area contributed by atoms with Crippen LogP contribution in [0.2, 0.25) is 0 Å². The molecule has 2 aromatic heterocycles. The molecule has 40 heavy (non-hydrogen) atoms. The highest BCUT2D eigenvalue weighted by Crippen LogP contribution is 2.38. The van der Waals surface area contributed by atoms with Crippen LogP contribution in [0, 0.1) is 0 Å². The van der Waals surface area contributed by atoms with Crippen molar-refractivity contribution in [3.63, 3.8) is 0 Å². The molecule has 0 saturated carbocycles. The van der Waals surface area contributed by atoms with E-state index >= 15 is 0 Å². The summed E-state index contributed by atoms with van der Waals surface area (Å²) >= 11 is 0. The fourth-order valence-electron chi connectivity index (χ4n) is 5.26. The van der Waals surface area contributed by atoms with Gasteiger partial charge in [-0.25, -0.2) is 19.5 Å².